The summed E-state index contributed by atoms with van der Waals surface area (Å²) in [7, 11) is 2.12. The molecule has 6 heteroatoms. The molecule has 122 valence electrons. The molecule has 0 unspecified atom stereocenters. The van der Waals surface area contributed by atoms with Gasteiger partial charge in [-0.1, -0.05) is 0 Å². The van der Waals surface area contributed by atoms with Gasteiger partial charge in [0.05, 0.1) is 11.7 Å². The lowest BCUT2D eigenvalue weighted by molar-refractivity contribution is -0.126. The molecule has 22 heavy (non-hydrogen) atoms. The van der Waals surface area contributed by atoms with E-state index in [1.165, 1.54) is 0 Å². The topological polar surface area (TPSA) is 60.5 Å². The van der Waals surface area contributed by atoms with Crippen LogP contribution >= 0.6 is 0 Å². The van der Waals surface area contributed by atoms with E-state index >= 15 is 0 Å². The molecule has 1 fully saturated rings. The predicted molar refractivity (Wildman–Crippen MR) is 88.9 cm³/mol. The van der Waals surface area contributed by atoms with E-state index in [1.54, 1.807) is 12.4 Å². The van der Waals surface area contributed by atoms with Gasteiger partial charge in [0.15, 0.2) is 0 Å². The Morgan fingerprint density at radius 3 is 2.77 bits per heavy atom. The quantitative estimate of drug-likeness (QED) is 0.724. The number of hydrogen-bond donors (Lipinski definition) is 2. The molecule has 1 aromatic heterocycles. The molecule has 1 aromatic rings. The fourth-order valence-corrected chi connectivity index (χ4v) is 2.52. The number of hydrogen-bond acceptors (Lipinski definition) is 5. The number of carbonyl (C=O) groups excluding carboxylic acids is 1. The van der Waals surface area contributed by atoms with Gasteiger partial charge in [-0.2, -0.15) is 0 Å². The molecule has 0 saturated carbocycles. The summed E-state index contributed by atoms with van der Waals surface area (Å²) in [5.74, 6) is 0.130. The lowest BCUT2D eigenvalue weighted by atomic mass is 10.2. The van der Waals surface area contributed by atoms with Crippen LogP contribution in [0.5, 0.6) is 0 Å². The number of carbonyl (C=O) groups is 1. The van der Waals surface area contributed by atoms with Crippen LogP contribution in [0.3, 0.4) is 0 Å². The lowest BCUT2D eigenvalue weighted by Gasteiger charge is -2.35. The number of likely N-dealkylation sites (N-methyl/N-ethyl adjacent to an activating group) is 1. The number of pyridine rings is 1. The van der Waals surface area contributed by atoms with E-state index in [0.29, 0.717) is 6.54 Å². The SMILES string of the molecule is C[C@@H](C(=O)NCCCNc1cccnc1)N1CCN(C)CC1. The second-order valence-corrected chi connectivity index (χ2v) is 5.83. The minimum atomic E-state index is -0.0417. The fraction of sp³-hybridized carbons (Fsp3) is 0.625. The summed E-state index contributed by atoms with van der Waals surface area (Å²) in [6, 6.07) is 3.85. The summed E-state index contributed by atoms with van der Waals surface area (Å²) in [5, 5.41) is 6.31. The number of aromatic nitrogens is 1. The third kappa shape index (κ3) is 5.27. The number of rotatable bonds is 7. The Labute approximate surface area is 132 Å². The highest BCUT2D eigenvalue weighted by Gasteiger charge is 2.23. The minimum absolute atomic E-state index is 0.0417. The number of nitrogens with one attached hydrogen (secondary N) is 2. The fourth-order valence-electron chi connectivity index (χ4n) is 2.52. The van der Waals surface area contributed by atoms with Gasteiger partial charge in [0.25, 0.3) is 0 Å². The summed E-state index contributed by atoms with van der Waals surface area (Å²) < 4.78 is 0. The summed E-state index contributed by atoms with van der Waals surface area (Å²) in [4.78, 5) is 20.8. The maximum atomic E-state index is 12.2. The van der Waals surface area contributed by atoms with Crippen LogP contribution in [0.4, 0.5) is 5.69 Å². The molecule has 0 radical (unpaired) electrons. The van der Waals surface area contributed by atoms with Crippen molar-refractivity contribution in [2.75, 3.05) is 51.6 Å². The Bertz CT molecular complexity index is 445. The van der Waals surface area contributed by atoms with Crippen LogP contribution in [-0.4, -0.2) is 73.0 Å². The first kappa shape index (κ1) is 16.7. The standard InChI is InChI=1S/C16H27N5O/c1-14(21-11-9-20(2)10-12-21)16(22)19-8-4-7-18-15-5-3-6-17-13-15/h3,5-6,13-14,18H,4,7-12H2,1-2H3,(H,19,22)/t14-/m0/s1. The summed E-state index contributed by atoms with van der Waals surface area (Å²) in [6.07, 6.45) is 4.45. The molecule has 1 amide bonds. The highest BCUT2D eigenvalue weighted by molar-refractivity contribution is 5.81. The van der Waals surface area contributed by atoms with Gasteiger partial charge in [-0.25, -0.2) is 0 Å². The minimum Gasteiger partial charge on any atom is -0.384 e. The summed E-state index contributed by atoms with van der Waals surface area (Å²) in [6.45, 7) is 7.52. The molecular weight excluding hydrogens is 278 g/mol. The van der Waals surface area contributed by atoms with Crippen molar-refractivity contribution in [2.24, 2.45) is 0 Å². The van der Waals surface area contributed by atoms with Crippen LogP contribution in [0.15, 0.2) is 24.5 Å². The Morgan fingerprint density at radius 1 is 1.32 bits per heavy atom. The van der Waals surface area contributed by atoms with Crippen molar-refractivity contribution in [3.05, 3.63) is 24.5 Å². The van der Waals surface area contributed by atoms with E-state index in [0.717, 1.165) is 44.8 Å². The van der Waals surface area contributed by atoms with Crippen LogP contribution in [0.2, 0.25) is 0 Å². The molecule has 1 aliphatic rings. The van der Waals surface area contributed by atoms with Gasteiger partial charge < -0.3 is 15.5 Å². The second-order valence-electron chi connectivity index (χ2n) is 5.83. The zero-order chi connectivity index (χ0) is 15.8. The Balaban J connectivity index is 1.59. The van der Waals surface area contributed by atoms with E-state index in [-0.39, 0.29) is 11.9 Å². The molecule has 0 spiro atoms. The first-order chi connectivity index (χ1) is 10.7. The van der Waals surface area contributed by atoms with Crippen molar-refractivity contribution in [3.8, 4) is 0 Å². The third-order valence-electron chi connectivity index (χ3n) is 4.11. The van der Waals surface area contributed by atoms with E-state index < -0.39 is 0 Å². The molecule has 1 atom stereocenters. The van der Waals surface area contributed by atoms with Gasteiger partial charge in [-0.3, -0.25) is 14.7 Å². The first-order valence-electron chi connectivity index (χ1n) is 8.01. The first-order valence-corrected chi connectivity index (χ1v) is 8.01. The van der Waals surface area contributed by atoms with Gasteiger partial charge in [0, 0.05) is 51.7 Å². The van der Waals surface area contributed by atoms with Crippen LogP contribution < -0.4 is 10.6 Å². The van der Waals surface area contributed by atoms with E-state index in [9.17, 15) is 4.79 Å². The van der Waals surface area contributed by atoms with Crippen LogP contribution in [0.1, 0.15) is 13.3 Å². The monoisotopic (exact) mass is 305 g/mol. The Morgan fingerprint density at radius 2 is 2.09 bits per heavy atom. The summed E-state index contributed by atoms with van der Waals surface area (Å²) >= 11 is 0. The molecule has 1 saturated heterocycles. The normalized spacial score (nSPS) is 17.9. The average Bonchev–Trinajstić information content (AvgIpc) is 2.55. The molecule has 1 aliphatic heterocycles. The zero-order valence-corrected chi connectivity index (χ0v) is 13.6. The van der Waals surface area contributed by atoms with E-state index in [2.05, 4.69) is 32.5 Å². The van der Waals surface area contributed by atoms with E-state index in [4.69, 9.17) is 0 Å². The summed E-state index contributed by atoms with van der Waals surface area (Å²) in [5.41, 5.74) is 1.01. The van der Waals surface area contributed by atoms with Gasteiger partial charge >= 0.3 is 0 Å². The lowest BCUT2D eigenvalue weighted by Crippen LogP contribution is -2.53. The van der Waals surface area contributed by atoms with Gasteiger partial charge in [0.2, 0.25) is 5.91 Å². The number of amides is 1. The smallest absolute Gasteiger partial charge is 0.237 e. The van der Waals surface area contributed by atoms with Crippen LogP contribution in [-0.2, 0) is 4.79 Å². The molecule has 0 aromatic carbocycles. The maximum absolute atomic E-state index is 12.2. The van der Waals surface area contributed by atoms with E-state index in [1.807, 2.05) is 19.1 Å². The van der Waals surface area contributed by atoms with Crippen LogP contribution in [0.25, 0.3) is 0 Å². The zero-order valence-electron chi connectivity index (χ0n) is 13.6. The maximum Gasteiger partial charge on any atom is 0.237 e. The van der Waals surface area contributed by atoms with Crippen molar-refractivity contribution in [1.82, 2.24) is 20.1 Å². The molecular formula is C16H27N5O. The third-order valence-corrected chi connectivity index (χ3v) is 4.11. The number of anilines is 1. The largest absolute Gasteiger partial charge is 0.384 e. The van der Waals surface area contributed by atoms with Gasteiger partial charge in [0.1, 0.15) is 0 Å². The van der Waals surface area contributed by atoms with Crippen molar-refractivity contribution >= 4 is 11.6 Å². The predicted octanol–water partition coefficient (Wildman–Crippen LogP) is 0.636. The number of nitrogens with zero attached hydrogens (tertiary/aromatic N) is 3. The molecule has 2 rings (SSSR count). The molecule has 2 N–H and O–H groups in total. The van der Waals surface area contributed by atoms with Crippen molar-refractivity contribution in [1.29, 1.82) is 0 Å². The van der Waals surface area contributed by atoms with Gasteiger partial charge in [-0.15, -0.1) is 0 Å². The molecule has 6 nitrogen and oxygen atoms in total. The van der Waals surface area contributed by atoms with Crippen molar-refractivity contribution in [2.45, 2.75) is 19.4 Å². The average molecular weight is 305 g/mol. The Kier molecular flexibility index (Phi) is 6.61. The van der Waals surface area contributed by atoms with Gasteiger partial charge in [-0.05, 0) is 32.5 Å². The highest BCUT2D eigenvalue weighted by Crippen LogP contribution is 2.05. The molecule has 0 aliphatic carbocycles. The highest BCUT2D eigenvalue weighted by atomic mass is 16.2. The number of piperazine rings is 1. The van der Waals surface area contributed by atoms with Crippen molar-refractivity contribution < 1.29 is 4.79 Å². The Hall–Kier alpha value is -1.66. The van der Waals surface area contributed by atoms with Crippen molar-refractivity contribution in [3.63, 3.8) is 0 Å². The van der Waals surface area contributed by atoms with Crippen LogP contribution in [0, 0.1) is 0 Å². The molecule has 0 bridgehead atoms. The molecule has 2 heterocycles. The second kappa shape index (κ2) is 8.70.